The number of rotatable bonds is 27. The third-order valence-corrected chi connectivity index (χ3v) is 15.2. The number of anilines is 2. The molecular formula is C76H83IrN6O2. The third-order valence-electron chi connectivity index (χ3n) is 15.2. The van der Waals surface area contributed by atoms with Gasteiger partial charge in [-0.1, -0.05) is 229 Å². The number of aromatic nitrogens is 5. The van der Waals surface area contributed by atoms with E-state index in [1.807, 2.05) is 115 Å². The molecule has 8 nitrogen and oxygen atoms in total. The Morgan fingerprint density at radius 2 is 0.871 bits per heavy atom. The molecule has 1 N–H and O–H groups in total. The van der Waals surface area contributed by atoms with Crippen molar-refractivity contribution in [2.24, 2.45) is 0 Å². The Morgan fingerprint density at radius 1 is 0.435 bits per heavy atom. The minimum atomic E-state index is 0. The van der Waals surface area contributed by atoms with E-state index in [0.717, 1.165) is 93.0 Å². The zero-order valence-electron chi connectivity index (χ0n) is 50.3. The molecule has 0 amide bonds. The van der Waals surface area contributed by atoms with Crippen molar-refractivity contribution in [2.45, 2.75) is 156 Å². The maximum atomic E-state index is 6.12. The minimum absolute atomic E-state index is 0. The van der Waals surface area contributed by atoms with Gasteiger partial charge in [-0.05, 0) is 128 Å². The summed E-state index contributed by atoms with van der Waals surface area (Å²) in [6, 6.07) is 67.0. The van der Waals surface area contributed by atoms with E-state index in [-0.39, 0.29) is 20.1 Å². The molecule has 9 heteroatoms. The second-order valence-corrected chi connectivity index (χ2v) is 22.0. The maximum Gasteiger partial charge on any atom is 3.00 e. The standard InChI is InChI=1S/2C31H36NO.C14H11N4.Ir/c2*1-3-5-7-9-15-24-21-25(16-10-8-6-4-2)23-26(22-24)27-17-11-12-18-28(27)31-32-29-19-13-14-20-30(29)33-31;1-2-6-11(7-3-1)16-14-10-13(17-18-14)12-8-4-5-9-15-12;/h2*11-14,17,19-23H,3-10,15-16H2,1-2H3;1-10H,(H-,16,17,18);/q3*-1;+3. The summed E-state index contributed by atoms with van der Waals surface area (Å²) < 4.78 is 12.2. The second-order valence-electron chi connectivity index (χ2n) is 22.0. The molecule has 4 heterocycles. The average molecular weight is 1300 g/mol. The predicted molar refractivity (Wildman–Crippen MR) is 349 cm³/mol. The van der Waals surface area contributed by atoms with Gasteiger partial charge in [0.1, 0.15) is 28.8 Å². The van der Waals surface area contributed by atoms with Crippen LogP contribution in [0.5, 0.6) is 0 Å². The molecule has 0 unspecified atom stereocenters. The average Bonchev–Trinajstić information content (AvgIpc) is 4.50. The van der Waals surface area contributed by atoms with Crippen molar-refractivity contribution >= 4 is 33.7 Å². The molecule has 0 aliphatic carbocycles. The molecule has 4 aromatic heterocycles. The van der Waals surface area contributed by atoms with Crippen molar-refractivity contribution in [2.75, 3.05) is 5.32 Å². The molecule has 0 radical (unpaired) electrons. The normalized spacial score (nSPS) is 11.0. The van der Waals surface area contributed by atoms with Gasteiger partial charge in [0.2, 0.25) is 0 Å². The summed E-state index contributed by atoms with van der Waals surface area (Å²) in [5, 5.41) is 11.4. The Bertz CT molecular complexity index is 3380. The van der Waals surface area contributed by atoms with Crippen LogP contribution in [0.15, 0.2) is 191 Å². The van der Waals surface area contributed by atoms with Crippen molar-refractivity contribution in [1.82, 2.24) is 25.1 Å². The van der Waals surface area contributed by atoms with E-state index in [0.29, 0.717) is 11.8 Å². The Morgan fingerprint density at radius 3 is 1.29 bits per heavy atom. The fourth-order valence-corrected chi connectivity index (χ4v) is 10.8. The van der Waals surface area contributed by atoms with Gasteiger partial charge in [-0.25, -0.2) is 0 Å². The van der Waals surface area contributed by atoms with Gasteiger partial charge in [-0.3, -0.25) is 15.0 Å². The molecule has 0 saturated heterocycles. The minimum Gasteiger partial charge on any atom is -0.572 e. The van der Waals surface area contributed by atoms with Crippen LogP contribution in [0.2, 0.25) is 0 Å². The Kier molecular flexibility index (Phi) is 25.5. The van der Waals surface area contributed by atoms with E-state index in [1.165, 1.54) is 136 Å². The van der Waals surface area contributed by atoms with Gasteiger partial charge in [-0.2, -0.15) is 0 Å². The number of oxazole rings is 2. The van der Waals surface area contributed by atoms with E-state index in [1.54, 1.807) is 6.20 Å². The second kappa shape index (κ2) is 34.3. The molecule has 0 atom stereocenters. The van der Waals surface area contributed by atoms with Crippen molar-refractivity contribution in [1.29, 1.82) is 0 Å². The van der Waals surface area contributed by atoms with Crippen LogP contribution in [0.4, 0.5) is 11.5 Å². The molecule has 0 spiro atoms. The van der Waals surface area contributed by atoms with E-state index in [2.05, 4.69) is 121 Å². The number of aryl methyl sites for hydroxylation is 4. The molecule has 0 saturated carbocycles. The van der Waals surface area contributed by atoms with Crippen LogP contribution < -0.4 is 10.4 Å². The van der Waals surface area contributed by atoms with Crippen LogP contribution in [-0.2, 0) is 45.8 Å². The first-order chi connectivity index (χ1) is 41.5. The molecule has 0 fully saturated rings. The van der Waals surface area contributed by atoms with Crippen LogP contribution in [0, 0.1) is 12.1 Å². The van der Waals surface area contributed by atoms with Gasteiger partial charge in [-0.15, -0.1) is 48.5 Å². The fraction of sp³-hybridized carbons (Fsp3) is 0.316. The molecule has 0 aliphatic rings. The first-order valence-corrected chi connectivity index (χ1v) is 31.2. The van der Waals surface area contributed by atoms with Gasteiger partial charge in [0.05, 0.1) is 11.0 Å². The van der Waals surface area contributed by atoms with E-state index >= 15 is 0 Å². The number of pyridine rings is 1. The molecule has 11 rings (SSSR count). The van der Waals surface area contributed by atoms with Crippen LogP contribution in [0.25, 0.3) is 78.7 Å². The molecule has 0 aliphatic heterocycles. The van der Waals surface area contributed by atoms with Crippen LogP contribution in [-0.4, -0.2) is 20.1 Å². The third kappa shape index (κ3) is 18.9. The topological polar surface area (TPSA) is 104 Å². The van der Waals surface area contributed by atoms with E-state index in [9.17, 15) is 0 Å². The first-order valence-electron chi connectivity index (χ1n) is 31.2. The van der Waals surface area contributed by atoms with Gasteiger partial charge >= 0.3 is 20.1 Å². The predicted octanol–water partition coefficient (Wildman–Crippen LogP) is 21.3. The number of nitrogens with zero attached hydrogens (tertiary/aromatic N) is 5. The Hall–Kier alpha value is -7.71. The quantitative estimate of drug-likeness (QED) is 0.0401. The van der Waals surface area contributed by atoms with Gasteiger partial charge in [0.15, 0.2) is 0 Å². The molecule has 438 valence electrons. The van der Waals surface area contributed by atoms with Crippen molar-refractivity contribution in [3.63, 3.8) is 0 Å². The number of fused-ring (bicyclic) bond motifs is 2. The monoisotopic (exact) mass is 1300 g/mol. The fourth-order valence-electron chi connectivity index (χ4n) is 10.8. The SMILES string of the molecule is CCCCCCc1cc(CCCCCC)cc(-c2ccc[c-]c2-c2nc3ccccc3o2)c1.CCCCCCc1cc(CCCCCC)cc(-c2ccc[c-]c2-c2nc3ccccc3o2)c1.[Ir+3].c1ccc(Nc2cc(-c3ccccn3)[n-]n2)cc1. The zero-order chi connectivity index (χ0) is 58.0. The summed E-state index contributed by atoms with van der Waals surface area (Å²) in [5.74, 6) is 2.01. The summed E-state index contributed by atoms with van der Waals surface area (Å²) >= 11 is 0. The van der Waals surface area contributed by atoms with Crippen LogP contribution in [0.3, 0.4) is 0 Å². The summed E-state index contributed by atoms with van der Waals surface area (Å²) in [7, 11) is 0. The molecule has 7 aromatic carbocycles. The first kappa shape index (κ1) is 63.3. The van der Waals surface area contributed by atoms with Gasteiger partial charge in [0, 0.05) is 17.6 Å². The number of hydrogen-bond acceptors (Lipinski definition) is 7. The van der Waals surface area contributed by atoms with Gasteiger partial charge < -0.3 is 24.3 Å². The van der Waals surface area contributed by atoms with Crippen molar-refractivity contribution < 1.29 is 28.9 Å². The summed E-state index contributed by atoms with van der Waals surface area (Å²) in [5.41, 5.74) is 18.5. The molecule has 0 bridgehead atoms. The summed E-state index contributed by atoms with van der Waals surface area (Å²) in [6.07, 6.45) is 26.9. The maximum absolute atomic E-state index is 6.12. The van der Waals surface area contributed by atoms with E-state index < -0.39 is 0 Å². The van der Waals surface area contributed by atoms with Crippen molar-refractivity contribution in [3.05, 3.63) is 217 Å². The Labute approximate surface area is 519 Å². The molecule has 11 aromatic rings. The van der Waals surface area contributed by atoms with Crippen molar-refractivity contribution in [3.8, 4) is 56.6 Å². The largest absolute Gasteiger partial charge is 3.00 e. The van der Waals surface area contributed by atoms with Gasteiger partial charge in [0.25, 0.3) is 0 Å². The van der Waals surface area contributed by atoms with Crippen LogP contribution in [0.1, 0.15) is 153 Å². The number of benzene rings is 7. The zero-order valence-corrected chi connectivity index (χ0v) is 52.7. The summed E-state index contributed by atoms with van der Waals surface area (Å²) in [6.45, 7) is 9.09. The summed E-state index contributed by atoms with van der Waals surface area (Å²) in [4.78, 5) is 13.8. The number of para-hydroxylation sites is 5. The number of unbranched alkanes of at least 4 members (excludes halogenated alkanes) is 12. The molecular weight excluding hydrogens is 1220 g/mol. The smallest absolute Gasteiger partial charge is 0.572 e. The molecule has 85 heavy (non-hydrogen) atoms. The Balaban J connectivity index is 0.000000172. The van der Waals surface area contributed by atoms with Crippen LogP contribution >= 0.6 is 0 Å². The number of hydrogen-bond donors (Lipinski definition) is 1. The number of nitrogens with one attached hydrogen (secondary N) is 1. The van der Waals surface area contributed by atoms with E-state index in [4.69, 9.17) is 18.8 Å².